The number of alkyl halides is 3. The number of nitrogens with zero attached hydrogens (tertiary/aromatic N) is 6. The summed E-state index contributed by atoms with van der Waals surface area (Å²) in [5, 5.41) is 4.69. The average Bonchev–Trinajstić information content (AvgIpc) is 3.33. The largest absolute Gasteiger partial charge is 0.416 e. The van der Waals surface area contributed by atoms with Crippen LogP contribution in [-0.4, -0.2) is 51.7 Å². The molecule has 1 aliphatic heterocycles. The van der Waals surface area contributed by atoms with Gasteiger partial charge in [0.05, 0.1) is 42.0 Å². The van der Waals surface area contributed by atoms with Crippen LogP contribution in [0, 0.1) is 6.92 Å². The maximum absolute atomic E-state index is 13.1. The van der Waals surface area contributed by atoms with Gasteiger partial charge in [-0.3, -0.25) is 4.98 Å². The molecule has 4 aromatic rings. The molecular formula is C24H22F3N7O. The van der Waals surface area contributed by atoms with Crippen LogP contribution in [0.3, 0.4) is 0 Å². The second-order valence-electron chi connectivity index (χ2n) is 8.11. The number of ether oxygens (including phenoxy) is 1. The zero-order valence-electron chi connectivity index (χ0n) is 18.8. The van der Waals surface area contributed by atoms with E-state index in [0.717, 1.165) is 47.8 Å². The van der Waals surface area contributed by atoms with Gasteiger partial charge >= 0.3 is 6.18 Å². The average molecular weight is 481 g/mol. The molecule has 0 bridgehead atoms. The number of imidazole rings is 1. The number of morpholine rings is 1. The molecule has 0 amide bonds. The number of anilines is 1. The van der Waals surface area contributed by atoms with Gasteiger partial charge in [-0.05, 0) is 31.2 Å². The molecule has 4 heterocycles. The van der Waals surface area contributed by atoms with E-state index in [-0.39, 0.29) is 11.4 Å². The van der Waals surface area contributed by atoms with Crippen molar-refractivity contribution in [3.8, 4) is 11.3 Å². The first-order chi connectivity index (χ1) is 16.8. The zero-order chi connectivity index (χ0) is 24.6. The van der Waals surface area contributed by atoms with Crippen molar-refractivity contribution in [2.45, 2.75) is 13.1 Å². The van der Waals surface area contributed by atoms with Crippen LogP contribution >= 0.6 is 0 Å². The molecule has 1 fully saturated rings. The summed E-state index contributed by atoms with van der Waals surface area (Å²) in [6.07, 6.45) is 0.527. The topological polar surface area (TPSA) is 93.9 Å². The molecule has 35 heavy (non-hydrogen) atoms. The number of halogens is 3. The van der Waals surface area contributed by atoms with E-state index >= 15 is 0 Å². The van der Waals surface area contributed by atoms with Crippen molar-refractivity contribution < 1.29 is 17.9 Å². The van der Waals surface area contributed by atoms with Crippen LogP contribution in [0.4, 0.5) is 24.5 Å². The van der Waals surface area contributed by atoms with Crippen LogP contribution in [0.1, 0.15) is 16.8 Å². The smallest absolute Gasteiger partial charge is 0.383 e. The molecule has 3 aromatic heterocycles. The molecule has 2 N–H and O–H groups in total. The first-order valence-electron chi connectivity index (χ1n) is 11.0. The SMILES string of the molecule is Cc1ncc(N=C(N)c2cccc(C(F)(F)F)c2)cc1-c1cc(N2CCOCC2)c2nccn2n1. The number of aliphatic imine (C=N–C) groups is 1. The minimum Gasteiger partial charge on any atom is -0.383 e. The fraction of sp³-hybridized carbons (Fsp3) is 0.250. The molecular weight excluding hydrogens is 459 g/mol. The van der Waals surface area contributed by atoms with E-state index < -0.39 is 11.7 Å². The molecule has 180 valence electrons. The van der Waals surface area contributed by atoms with Gasteiger partial charge in [-0.2, -0.15) is 18.3 Å². The Balaban J connectivity index is 1.54. The van der Waals surface area contributed by atoms with Crippen molar-refractivity contribution in [1.82, 2.24) is 19.6 Å². The number of benzene rings is 1. The minimum absolute atomic E-state index is 0.0419. The van der Waals surface area contributed by atoms with E-state index in [1.54, 1.807) is 23.0 Å². The van der Waals surface area contributed by atoms with E-state index in [4.69, 9.17) is 15.6 Å². The summed E-state index contributed by atoms with van der Waals surface area (Å²) in [7, 11) is 0. The fourth-order valence-corrected chi connectivity index (χ4v) is 3.97. The van der Waals surface area contributed by atoms with E-state index in [1.165, 1.54) is 18.3 Å². The van der Waals surface area contributed by atoms with Gasteiger partial charge in [0.2, 0.25) is 0 Å². The molecule has 8 nitrogen and oxygen atoms in total. The summed E-state index contributed by atoms with van der Waals surface area (Å²) in [6.45, 7) is 4.59. The van der Waals surface area contributed by atoms with Gasteiger partial charge in [-0.15, -0.1) is 0 Å². The Labute approximate surface area is 198 Å². The Morgan fingerprint density at radius 1 is 1.11 bits per heavy atom. The highest BCUT2D eigenvalue weighted by Gasteiger charge is 2.30. The highest BCUT2D eigenvalue weighted by atomic mass is 19.4. The van der Waals surface area contributed by atoms with Gasteiger partial charge < -0.3 is 15.4 Å². The first-order valence-corrected chi connectivity index (χ1v) is 11.0. The molecule has 0 saturated carbocycles. The number of amidine groups is 1. The maximum Gasteiger partial charge on any atom is 0.416 e. The van der Waals surface area contributed by atoms with Crippen molar-refractivity contribution in [1.29, 1.82) is 0 Å². The normalized spacial score (nSPS) is 15.1. The standard InChI is InChI=1S/C24H22F3N7O/c1-15-19(20-13-21(33-7-9-35-10-8-33)23-29-5-6-34(23)32-20)12-18(14-30-15)31-22(28)16-3-2-4-17(11-16)24(25,26)27/h2-6,11-14H,7-10H2,1H3,(H2,28,31). The number of fused-ring (bicyclic) bond motifs is 1. The monoisotopic (exact) mass is 481 g/mol. The van der Waals surface area contributed by atoms with Gasteiger partial charge in [0.25, 0.3) is 0 Å². The van der Waals surface area contributed by atoms with Crippen molar-refractivity contribution in [2.24, 2.45) is 10.7 Å². The number of pyridine rings is 1. The lowest BCUT2D eigenvalue weighted by molar-refractivity contribution is -0.137. The second-order valence-corrected chi connectivity index (χ2v) is 8.11. The van der Waals surface area contributed by atoms with Gasteiger partial charge in [-0.1, -0.05) is 12.1 Å². The number of hydrogen-bond donors (Lipinski definition) is 1. The number of hydrogen-bond acceptors (Lipinski definition) is 6. The predicted molar refractivity (Wildman–Crippen MR) is 126 cm³/mol. The van der Waals surface area contributed by atoms with E-state index in [0.29, 0.717) is 24.6 Å². The predicted octanol–water partition coefficient (Wildman–Crippen LogP) is 3.99. The van der Waals surface area contributed by atoms with Crippen LogP contribution in [0.25, 0.3) is 16.9 Å². The summed E-state index contributed by atoms with van der Waals surface area (Å²) in [6, 6.07) is 8.49. The van der Waals surface area contributed by atoms with Crippen molar-refractivity contribution >= 4 is 22.9 Å². The summed E-state index contributed by atoms with van der Waals surface area (Å²) < 4.78 is 46.4. The summed E-state index contributed by atoms with van der Waals surface area (Å²) in [5.41, 5.74) is 9.64. The highest BCUT2D eigenvalue weighted by Crippen LogP contribution is 2.31. The van der Waals surface area contributed by atoms with Crippen LogP contribution in [0.2, 0.25) is 0 Å². The number of aryl methyl sites for hydroxylation is 1. The minimum atomic E-state index is -4.47. The molecule has 5 rings (SSSR count). The number of rotatable bonds is 4. The Hall–Kier alpha value is -3.99. The molecule has 11 heteroatoms. The third-order valence-electron chi connectivity index (χ3n) is 5.78. The zero-order valence-corrected chi connectivity index (χ0v) is 18.8. The highest BCUT2D eigenvalue weighted by molar-refractivity contribution is 5.99. The molecule has 0 aliphatic carbocycles. The van der Waals surface area contributed by atoms with Gasteiger partial charge in [-0.25, -0.2) is 14.5 Å². The summed E-state index contributed by atoms with van der Waals surface area (Å²) >= 11 is 0. The van der Waals surface area contributed by atoms with Crippen molar-refractivity contribution in [3.63, 3.8) is 0 Å². The fourth-order valence-electron chi connectivity index (χ4n) is 3.97. The van der Waals surface area contributed by atoms with Crippen molar-refractivity contribution in [3.05, 3.63) is 71.8 Å². The molecule has 1 aromatic carbocycles. The Bertz CT molecular complexity index is 1410. The number of nitrogens with two attached hydrogens (primary N) is 1. The second kappa shape index (κ2) is 8.99. The van der Waals surface area contributed by atoms with Gasteiger partial charge in [0, 0.05) is 42.3 Å². The molecule has 1 aliphatic rings. The third-order valence-corrected chi connectivity index (χ3v) is 5.78. The number of aromatic nitrogens is 4. The molecule has 0 unspecified atom stereocenters. The van der Waals surface area contributed by atoms with Crippen LogP contribution < -0.4 is 10.6 Å². The van der Waals surface area contributed by atoms with Gasteiger partial charge in [0.15, 0.2) is 5.65 Å². The van der Waals surface area contributed by atoms with E-state index in [9.17, 15) is 13.2 Å². The Morgan fingerprint density at radius 2 is 1.91 bits per heavy atom. The summed E-state index contributed by atoms with van der Waals surface area (Å²) in [5.74, 6) is -0.0419. The van der Waals surface area contributed by atoms with Crippen LogP contribution in [-0.2, 0) is 10.9 Å². The molecule has 0 atom stereocenters. The quantitative estimate of drug-likeness (QED) is 0.350. The lowest BCUT2D eigenvalue weighted by atomic mass is 10.1. The lowest BCUT2D eigenvalue weighted by Crippen LogP contribution is -2.36. The Morgan fingerprint density at radius 3 is 2.69 bits per heavy atom. The summed E-state index contributed by atoms with van der Waals surface area (Å²) in [4.78, 5) is 15.4. The Kier molecular flexibility index (Phi) is 5.85. The van der Waals surface area contributed by atoms with E-state index in [2.05, 4.69) is 19.9 Å². The lowest BCUT2D eigenvalue weighted by Gasteiger charge is -2.29. The molecule has 1 saturated heterocycles. The van der Waals surface area contributed by atoms with E-state index in [1.807, 2.05) is 13.0 Å². The molecule has 0 spiro atoms. The van der Waals surface area contributed by atoms with Crippen molar-refractivity contribution in [2.75, 3.05) is 31.2 Å². The third kappa shape index (κ3) is 4.67. The van der Waals surface area contributed by atoms with Crippen LogP contribution in [0.15, 0.2) is 60.0 Å². The maximum atomic E-state index is 13.1. The van der Waals surface area contributed by atoms with Gasteiger partial charge in [0.1, 0.15) is 5.84 Å². The first kappa shape index (κ1) is 22.8. The molecule has 0 radical (unpaired) electrons. The van der Waals surface area contributed by atoms with Crippen LogP contribution in [0.5, 0.6) is 0 Å².